The summed E-state index contributed by atoms with van der Waals surface area (Å²) in [5.41, 5.74) is 5.57. The van der Waals surface area contributed by atoms with Crippen LogP contribution in [0.5, 0.6) is 5.75 Å². The van der Waals surface area contributed by atoms with Gasteiger partial charge in [0.15, 0.2) is 12.4 Å². The van der Waals surface area contributed by atoms with E-state index in [9.17, 15) is 9.59 Å². The van der Waals surface area contributed by atoms with Gasteiger partial charge in [-0.2, -0.15) is 0 Å². The number of nitrogens with two attached hydrogens (primary N) is 1. The molecular formula is C16H20N2O5. The Kier molecular flexibility index (Phi) is 4.49. The van der Waals surface area contributed by atoms with E-state index in [-0.39, 0.29) is 12.5 Å². The lowest BCUT2D eigenvalue weighted by Crippen LogP contribution is -2.47. The first-order valence-corrected chi connectivity index (χ1v) is 7.66. The van der Waals surface area contributed by atoms with Crippen molar-refractivity contribution in [2.45, 2.75) is 18.6 Å². The second kappa shape index (κ2) is 6.55. The second-order valence-electron chi connectivity index (χ2n) is 5.68. The third-order valence-corrected chi connectivity index (χ3v) is 4.09. The van der Waals surface area contributed by atoms with Crippen molar-refractivity contribution >= 4 is 11.8 Å². The van der Waals surface area contributed by atoms with E-state index in [0.717, 1.165) is 0 Å². The third-order valence-electron chi connectivity index (χ3n) is 4.09. The van der Waals surface area contributed by atoms with Gasteiger partial charge >= 0.3 is 0 Å². The van der Waals surface area contributed by atoms with Gasteiger partial charge < -0.3 is 24.8 Å². The molecule has 0 radical (unpaired) electrons. The Labute approximate surface area is 134 Å². The Morgan fingerprint density at radius 2 is 1.91 bits per heavy atom. The summed E-state index contributed by atoms with van der Waals surface area (Å²) in [6.45, 7) is 2.20. The van der Waals surface area contributed by atoms with Crippen LogP contribution in [0.1, 0.15) is 23.2 Å². The number of hydrogen-bond acceptors (Lipinski definition) is 5. The molecule has 2 N–H and O–H groups in total. The number of primary amides is 1. The maximum atomic E-state index is 12.6. The molecule has 7 nitrogen and oxygen atoms in total. The Morgan fingerprint density at radius 1 is 1.22 bits per heavy atom. The van der Waals surface area contributed by atoms with Crippen LogP contribution in [0.4, 0.5) is 0 Å². The first-order valence-electron chi connectivity index (χ1n) is 7.66. The van der Waals surface area contributed by atoms with E-state index in [2.05, 4.69) is 0 Å². The molecule has 2 heterocycles. The number of amides is 2. The lowest BCUT2D eigenvalue weighted by atomic mass is 10.0. The zero-order valence-electron chi connectivity index (χ0n) is 12.8. The lowest BCUT2D eigenvalue weighted by Gasteiger charge is -2.37. The van der Waals surface area contributed by atoms with Gasteiger partial charge in [0.25, 0.3) is 11.8 Å². The number of rotatable bonds is 4. The van der Waals surface area contributed by atoms with E-state index in [1.807, 2.05) is 0 Å². The van der Waals surface area contributed by atoms with Gasteiger partial charge in [-0.25, -0.2) is 0 Å². The fourth-order valence-corrected chi connectivity index (χ4v) is 2.89. The van der Waals surface area contributed by atoms with Crippen LogP contribution in [0.15, 0.2) is 24.3 Å². The molecule has 0 aliphatic carbocycles. The fraction of sp³-hybridized carbons (Fsp3) is 0.500. The summed E-state index contributed by atoms with van der Waals surface area (Å²) >= 11 is 0. The van der Waals surface area contributed by atoms with E-state index in [4.69, 9.17) is 19.9 Å². The number of piperidine rings is 1. The van der Waals surface area contributed by atoms with Crippen LogP contribution in [0.25, 0.3) is 0 Å². The van der Waals surface area contributed by atoms with Crippen LogP contribution in [0.3, 0.4) is 0 Å². The molecule has 2 amide bonds. The van der Waals surface area contributed by atoms with Crippen molar-refractivity contribution in [1.29, 1.82) is 0 Å². The molecule has 2 aliphatic rings. The molecule has 124 valence electrons. The molecule has 23 heavy (non-hydrogen) atoms. The van der Waals surface area contributed by atoms with Gasteiger partial charge in [-0.05, 0) is 18.2 Å². The van der Waals surface area contributed by atoms with Gasteiger partial charge in [0, 0.05) is 31.5 Å². The maximum Gasteiger partial charge on any atom is 0.255 e. The minimum absolute atomic E-state index is 0.0672. The molecule has 0 atom stereocenters. The molecule has 0 bridgehead atoms. The summed E-state index contributed by atoms with van der Waals surface area (Å²) in [4.78, 5) is 25.1. The van der Waals surface area contributed by atoms with Crippen LogP contribution in [-0.2, 0) is 14.3 Å². The summed E-state index contributed by atoms with van der Waals surface area (Å²) in [6.07, 6.45) is 1.35. The average molecular weight is 320 g/mol. The van der Waals surface area contributed by atoms with E-state index >= 15 is 0 Å². The van der Waals surface area contributed by atoms with Crippen LogP contribution in [0, 0.1) is 0 Å². The predicted molar refractivity (Wildman–Crippen MR) is 80.9 cm³/mol. The minimum atomic E-state index is -0.556. The van der Waals surface area contributed by atoms with Gasteiger partial charge in [-0.1, -0.05) is 6.07 Å². The third kappa shape index (κ3) is 3.62. The zero-order valence-corrected chi connectivity index (χ0v) is 12.8. The first-order chi connectivity index (χ1) is 11.1. The number of nitrogens with zero attached hydrogens (tertiary/aromatic N) is 1. The number of carbonyl (C=O) groups excluding carboxylic acids is 2. The Hall–Kier alpha value is -2.12. The van der Waals surface area contributed by atoms with Crippen LogP contribution < -0.4 is 10.5 Å². The Morgan fingerprint density at radius 3 is 2.57 bits per heavy atom. The van der Waals surface area contributed by atoms with Crippen molar-refractivity contribution < 1.29 is 23.8 Å². The molecular weight excluding hydrogens is 300 g/mol. The van der Waals surface area contributed by atoms with Crippen molar-refractivity contribution in [2.24, 2.45) is 5.73 Å². The molecule has 3 rings (SSSR count). The highest BCUT2D eigenvalue weighted by Gasteiger charge is 2.40. The molecule has 0 saturated carbocycles. The van der Waals surface area contributed by atoms with Gasteiger partial charge in [-0.15, -0.1) is 0 Å². The number of hydrogen-bond donors (Lipinski definition) is 1. The van der Waals surface area contributed by atoms with Gasteiger partial charge in [-0.3, -0.25) is 9.59 Å². The molecule has 1 aromatic rings. The molecule has 2 aliphatic heterocycles. The second-order valence-corrected chi connectivity index (χ2v) is 5.68. The van der Waals surface area contributed by atoms with Crippen LogP contribution >= 0.6 is 0 Å². The fourth-order valence-electron chi connectivity index (χ4n) is 2.89. The summed E-state index contributed by atoms with van der Waals surface area (Å²) in [7, 11) is 0. The van der Waals surface area contributed by atoms with Gasteiger partial charge in [0.1, 0.15) is 5.75 Å². The SMILES string of the molecule is NC(=O)COc1cccc(C(=O)N2CCC3(CC2)OCCO3)c1. The highest BCUT2D eigenvalue weighted by atomic mass is 16.7. The molecule has 7 heteroatoms. The van der Waals surface area contributed by atoms with Gasteiger partial charge in [0.2, 0.25) is 0 Å². The van der Waals surface area contributed by atoms with Crippen molar-refractivity contribution in [1.82, 2.24) is 4.90 Å². The topological polar surface area (TPSA) is 91.1 Å². The monoisotopic (exact) mass is 320 g/mol. The van der Waals surface area contributed by atoms with Crippen molar-refractivity contribution in [2.75, 3.05) is 32.9 Å². The molecule has 2 saturated heterocycles. The first kappa shape index (κ1) is 15.8. The van der Waals surface area contributed by atoms with Crippen molar-refractivity contribution in [3.8, 4) is 5.75 Å². The lowest BCUT2D eigenvalue weighted by molar-refractivity contribution is -0.181. The summed E-state index contributed by atoms with van der Waals surface area (Å²) in [6, 6.07) is 6.76. The largest absolute Gasteiger partial charge is 0.484 e. The predicted octanol–water partition coefficient (Wildman–Crippen LogP) is 0.530. The van der Waals surface area contributed by atoms with E-state index in [0.29, 0.717) is 50.5 Å². The van der Waals surface area contributed by atoms with Gasteiger partial charge in [0.05, 0.1) is 13.2 Å². The average Bonchev–Trinajstić information content (AvgIpc) is 3.01. The smallest absolute Gasteiger partial charge is 0.255 e. The standard InChI is InChI=1S/C16H20N2O5/c17-14(19)11-21-13-3-1-2-12(10-13)15(20)18-6-4-16(5-7-18)22-8-9-23-16/h1-3,10H,4-9,11H2,(H2,17,19). The highest BCUT2D eigenvalue weighted by Crippen LogP contribution is 2.31. The number of ether oxygens (including phenoxy) is 3. The number of likely N-dealkylation sites (tertiary alicyclic amines) is 1. The van der Waals surface area contributed by atoms with Crippen LogP contribution in [0.2, 0.25) is 0 Å². The Balaban J connectivity index is 1.62. The molecule has 2 fully saturated rings. The van der Waals surface area contributed by atoms with Crippen molar-refractivity contribution in [3.63, 3.8) is 0 Å². The summed E-state index contributed by atoms with van der Waals surface area (Å²) in [5.74, 6) is -0.670. The normalized spacial score (nSPS) is 19.7. The molecule has 1 aromatic carbocycles. The van der Waals surface area contributed by atoms with Crippen molar-refractivity contribution in [3.05, 3.63) is 29.8 Å². The molecule has 0 aromatic heterocycles. The minimum Gasteiger partial charge on any atom is -0.484 e. The van der Waals surface area contributed by atoms with E-state index in [1.165, 1.54) is 0 Å². The quantitative estimate of drug-likeness (QED) is 0.874. The summed E-state index contributed by atoms with van der Waals surface area (Å²) < 4.78 is 16.6. The van der Waals surface area contributed by atoms with E-state index in [1.54, 1.807) is 29.2 Å². The van der Waals surface area contributed by atoms with Crippen LogP contribution in [-0.4, -0.2) is 55.4 Å². The maximum absolute atomic E-state index is 12.6. The summed E-state index contributed by atoms with van der Waals surface area (Å²) in [5, 5.41) is 0. The number of benzene rings is 1. The molecule has 1 spiro atoms. The van der Waals surface area contributed by atoms with E-state index < -0.39 is 11.7 Å². The zero-order chi connectivity index (χ0) is 16.3. The molecule has 0 unspecified atom stereocenters. The highest BCUT2D eigenvalue weighted by molar-refractivity contribution is 5.94. The number of carbonyl (C=O) groups is 2. The Bertz CT molecular complexity index is 588.